The highest BCUT2D eigenvalue weighted by Gasteiger charge is 2.17. The maximum absolute atomic E-state index is 12.5. The molecule has 0 radical (unpaired) electrons. The van der Waals surface area contributed by atoms with Crippen LogP contribution in [0.2, 0.25) is 0 Å². The van der Waals surface area contributed by atoms with Crippen molar-refractivity contribution in [3.63, 3.8) is 0 Å². The molecule has 29 heavy (non-hydrogen) atoms. The first-order chi connectivity index (χ1) is 13.7. The predicted octanol–water partition coefficient (Wildman–Crippen LogP) is 2.31. The molecule has 2 aromatic carbocycles. The molecule has 2 rings (SSSR count). The number of ether oxygens (including phenoxy) is 1. The summed E-state index contributed by atoms with van der Waals surface area (Å²) in [4.78, 5) is 25.2. The van der Waals surface area contributed by atoms with Crippen molar-refractivity contribution in [3.05, 3.63) is 53.1 Å². The lowest BCUT2D eigenvalue weighted by Gasteiger charge is -2.17. The molecule has 0 aromatic heterocycles. The van der Waals surface area contributed by atoms with E-state index >= 15 is 0 Å². The number of amides is 2. The number of carbonyl (C=O) groups excluding carboxylic acids is 2. The summed E-state index contributed by atoms with van der Waals surface area (Å²) in [5.74, 6) is -0.744. The Labute approximate surface area is 168 Å². The van der Waals surface area contributed by atoms with Crippen LogP contribution >= 0.6 is 0 Å². The second-order valence-corrected chi connectivity index (χ2v) is 7.06. The second kappa shape index (κ2) is 9.97. The number of para-hydroxylation sites is 2. The van der Waals surface area contributed by atoms with E-state index in [1.54, 1.807) is 13.1 Å². The third kappa shape index (κ3) is 6.83. The minimum Gasteiger partial charge on any atom is -0.433 e. The van der Waals surface area contributed by atoms with Gasteiger partial charge < -0.3 is 20.3 Å². The molecule has 8 heteroatoms. The highest BCUT2D eigenvalue weighted by Crippen LogP contribution is 2.25. The SMILES string of the molecule is Cc1cc(C)c(NC(=O)C[NH+](C)CC(=O)Nc2ccccc2OC(F)F)c(C)c1. The first kappa shape index (κ1) is 22.3. The summed E-state index contributed by atoms with van der Waals surface area (Å²) in [7, 11) is 1.70. The Hall–Kier alpha value is -3.00. The molecule has 156 valence electrons. The first-order valence-electron chi connectivity index (χ1n) is 9.18. The summed E-state index contributed by atoms with van der Waals surface area (Å²) in [6.07, 6.45) is 0. The number of aryl methyl sites for hydroxylation is 3. The summed E-state index contributed by atoms with van der Waals surface area (Å²) in [6.45, 7) is 2.93. The molecule has 0 fully saturated rings. The minimum atomic E-state index is -2.99. The number of benzene rings is 2. The van der Waals surface area contributed by atoms with Crippen molar-refractivity contribution in [2.75, 3.05) is 30.8 Å². The highest BCUT2D eigenvalue weighted by atomic mass is 19.3. The Bertz CT molecular complexity index is 864. The maximum atomic E-state index is 12.5. The second-order valence-electron chi connectivity index (χ2n) is 7.06. The van der Waals surface area contributed by atoms with Gasteiger partial charge in [0.2, 0.25) is 0 Å². The Kier molecular flexibility index (Phi) is 7.67. The van der Waals surface area contributed by atoms with E-state index in [0.29, 0.717) is 4.90 Å². The zero-order valence-corrected chi connectivity index (χ0v) is 16.9. The van der Waals surface area contributed by atoms with Gasteiger partial charge in [0.15, 0.2) is 13.1 Å². The average molecular weight is 406 g/mol. The van der Waals surface area contributed by atoms with Crippen LogP contribution in [0.1, 0.15) is 16.7 Å². The van der Waals surface area contributed by atoms with Gasteiger partial charge in [-0.05, 0) is 44.0 Å². The van der Waals surface area contributed by atoms with Crippen LogP contribution in [0, 0.1) is 20.8 Å². The van der Waals surface area contributed by atoms with E-state index in [1.165, 1.54) is 18.2 Å². The Morgan fingerprint density at radius 2 is 1.55 bits per heavy atom. The third-order valence-electron chi connectivity index (χ3n) is 4.24. The van der Waals surface area contributed by atoms with Crippen molar-refractivity contribution >= 4 is 23.2 Å². The zero-order chi connectivity index (χ0) is 21.6. The van der Waals surface area contributed by atoms with Crippen LogP contribution in [0.5, 0.6) is 5.75 Å². The number of halogens is 2. The topological polar surface area (TPSA) is 71.9 Å². The van der Waals surface area contributed by atoms with Crippen LogP contribution < -0.4 is 20.3 Å². The third-order valence-corrected chi connectivity index (χ3v) is 4.24. The van der Waals surface area contributed by atoms with Crippen molar-refractivity contribution in [1.82, 2.24) is 0 Å². The summed E-state index contributed by atoms with van der Waals surface area (Å²) in [5, 5.41) is 5.44. The van der Waals surface area contributed by atoms with E-state index in [4.69, 9.17) is 0 Å². The fraction of sp³-hybridized carbons (Fsp3) is 0.333. The van der Waals surface area contributed by atoms with Gasteiger partial charge in [0.05, 0.1) is 12.7 Å². The molecule has 1 atom stereocenters. The number of carbonyl (C=O) groups is 2. The van der Waals surface area contributed by atoms with Crippen molar-refractivity contribution in [2.24, 2.45) is 0 Å². The summed E-state index contributed by atoms with van der Waals surface area (Å²) in [6, 6.07) is 9.93. The normalized spacial score (nSPS) is 11.8. The molecule has 6 nitrogen and oxygen atoms in total. The van der Waals surface area contributed by atoms with Crippen molar-refractivity contribution in [3.8, 4) is 5.75 Å². The fourth-order valence-corrected chi connectivity index (χ4v) is 3.13. The van der Waals surface area contributed by atoms with Crippen LogP contribution in [0.4, 0.5) is 20.2 Å². The van der Waals surface area contributed by atoms with Gasteiger partial charge in [0.25, 0.3) is 11.8 Å². The van der Waals surface area contributed by atoms with E-state index in [1.807, 2.05) is 32.9 Å². The van der Waals surface area contributed by atoms with Crippen molar-refractivity contribution in [1.29, 1.82) is 0 Å². The predicted molar refractivity (Wildman–Crippen MR) is 108 cm³/mol. The zero-order valence-electron chi connectivity index (χ0n) is 16.9. The summed E-state index contributed by atoms with van der Waals surface area (Å²) < 4.78 is 29.3. The minimum absolute atomic E-state index is 0.0116. The van der Waals surface area contributed by atoms with Gasteiger partial charge in [-0.2, -0.15) is 8.78 Å². The molecule has 0 saturated heterocycles. The van der Waals surface area contributed by atoms with Gasteiger partial charge >= 0.3 is 6.61 Å². The largest absolute Gasteiger partial charge is 0.433 e. The van der Waals surface area contributed by atoms with E-state index in [0.717, 1.165) is 22.4 Å². The lowest BCUT2D eigenvalue weighted by molar-refractivity contribution is -0.862. The molecule has 2 aromatic rings. The molecule has 0 spiro atoms. The maximum Gasteiger partial charge on any atom is 0.387 e. The molecule has 0 heterocycles. The van der Waals surface area contributed by atoms with Crippen molar-refractivity contribution in [2.45, 2.75) is 27.4 Å². The van der Waals surface area contributed by atoms with Gasteiger partial charge in [0, 0.05) is 5.69 Å². The van der Waals surface area contributed by atoms with Gasteiger partial charge in [0.1, 0.15) is 5.75 Å². The first-order valence-corrected chi connectivity index (χ1v) is 9.18. The molecular weight excluding hydrogens is 380 g/mol. The van der Waals surface area contributed by atoms with Crippen LogP contribution in [-0.2, 0) is 9.59 Å². The standard InChI is InChI=1S/C21H25F2N3O3/c1-13-9-14(2)20(15(3)10-13)25-19(28)12-26(4)11-18(27)24-16-7-5-6-8-17(16)29-21(22)23/h5-10,21H,11-12H2,1-4H3,(H,24,27)(H,25,28)/p+1. The van der Waals surface area contributed by atoms with Crippen LogP contribution in [0.25, 0.3) is 0 Å². The highest BCUT2D eigenvalue weighted by molar-refractivity contribution is 5.94. The van der Waals surface area contributed by atoms with Crippen molar-refractivity contribution < 1.29 is 28.0 Å². The van der Waals surface area contributed by atoms with Crippen LogP contribution in [0.3, 0.4) is 0 Å². The van der Waals surface area contributed by atoms with Crippen LogP contribution in [-0.4, -0.2) is 38.6 Å². The Balaban J connectivity index is 1.91. The Morgan fingerprint density at radius 3 is 2.14 bits per heavy atom. The smallest absolute Gasteiger partial charge is 0.387 e. The van der Waals surface area contributed by atoms with Crippen LogP contribution in [0.15, 0.2) is 36.4 Å². The van der Waals surface area contributed by atoms with Gasteiger partial charge in [-0.3, -0.25) is 9.59 Å². The number of likely N-dealkylation sites (N-methyl/N-ethyl adjacent to an activating group) is 1. The van der Waals surface area contributed by atoms with Gasteiger partial charge in [-0.25, -0.2) is 0 Å². The summed E-state index contributed by atoms with van der Waals surface area (Å²) >= 11 is 0. The molecule has 0 saturated carbocycles. The molecule has 0 aliphatic carbocycles. The molecular formula is C21H26F2N3O3+. The number of alkyl halides is 2. The van der Waals surface area contributed by atoms with E-state index in [9.17, 15) is 18.4 Å². The molecule has 2 amide bonds. The monoisotopic (exact) mass is 406 g/mol. The number of hydrogen-bond donors (Lipinski definition) is 3. The molecule has 0 aliphatic heterocycles. The summed E-state index contributed by atoms with van der Waals surface area (Å²) in [5.41, 5.74) is 3.99. The molecule has 1 unspecified atom stereocenters. The van der Waals surface area contributed by atoms with E-state index in [2.05, 4.69) is 15.4 Å². The van der Waals surface area contributed by atoms with Gasteiger partial charge in [-0.1, -0.05) is 29.8 Å². The van der Waals surface area contributed by atoms with E-state index in [-0.39, 0.29) is 30.4 Å². The number of nitrogens with one attached hydrogen (secondary N) is 3. The van der Waals surface area contributed by atoms with E-state index < -0.39 is 12.5 Å². The Morgan fingerprint density at radius 1 is 1.00 bits per heavy atom. The fourth-order valence-electron chi connectivity index (χ4n) is 3.13. The number of anilines is 2. The lowest BCUT2D eigenvalue weighted by Crippen LogP contribution is -3.11. The number of quaternary nitrogens is 1. The lowest BCUT2D eigenvalue weighted by atomic mass is 10.1. The molecule has 3 N–H and O–H groups in total. The quantitative estimate of drug-likeness (QED) is 0.630. The number of hydrogen-bond acceptors (Lipinski definition) is 3. The molecule has 0 bridgehead atoms. The average Bonchev–Trinajstić information content (AvgIpc) is 2.59. The van der Waals surface area contributed by atoms with Gasteiger partial charge in [-0.15, -0.1) is 0 Å². The molecule has 0 aliphatic rings. The number of rotatable bonds is 8.